The van der Waals surface area contributed by atoms with Gasteiger partial charge in [-0.05, 0) is 40.9 Å². The molecular weight excluding hydrogens is 293 g/mol. The zero-order valence-electron chi connectivity index (χ0n) is 8.58. The highest BCUT2D eigenvalue weighted by molar-refractivity contribution is 9.10. The van der Waals surface area contributed by atoms with E-state index in [1.807, 2.05) is 0 Å². The van der Waals surface area contributed by atoms with Crippen LogP contribution in [0.15, 0.2) is 22.7 Å². The lowest BCUT2D eigenvalue weighted by Crippen LogP contribution is -2.35. The Kier molecular flexibility index (Phi) is 3.84. The van der Waals surface area contributed by atoms with Gasteiger partial charge in [0, 0.05) is 11.0 Å². The van der Waals surface area contributed by atoms with Crippen molar-refractivity contribution in [2.24, 2.45) is 0 Å². The third kappa shape index (κ3) is 2.39. The third-order valence-electron chi connectivity index (χ3n) is 2.41. The lowest BCUT2D eigenvalue weighted by atomic mass is 10.2. The van der Waals surface area contributed by atoms with E-state index in [4.69, 9.17) is 16.4 Å². The maximum absolute atomic E-state index is 12.1. The van der Waals surface area contributed by atoms with Crippen LogP contribution in [-0.4, -0.2) is 24.1 Å². The molecule has 1 aliphatic rings. The monoisotopic (exact) mass is 303 g/mol. The van der Waals surface area contributed by atoms with Crippen LogP contribution >= 0.6 is 27.5 Å². The second-order valence-corrected chi connectivity index (χ2v) is 4.78. The van der Waals surface area contributed by atoms with Crippen LogP contribution in [0.25, 0.3) is 0 Å². The molecule has 16 heavy (non-hydrogen) atoms. The molecule has 0 N–H and O–H groups in total. The summed E-state index contributed by atoms with van der Waals surface area (Å²) in [6, 6.07) is 5.29. The fraction of sp³-hybridized carbons (Fsp3) is 0.364. The van der Waals surface area contributed by atoms with Gasteiger partial charge in [-0.15, -0.1) is 0 Å². The number of nitrogens with zero attached hydrogens (tertiary/aromatic N) is 1. The molecule has 0 aliphatic carbocycles. The molecule has 5 heteroatoms. The van der Waals surface area contributed by atoms with E-state index in [2.05, 4.69) is 15.9 Å². The van der Waals surface area contributed by atoms with Gasteiger partial charge in [-0.2, -0.15) is 0 Å². The van der Waals surface area contributed by atoms with Gasteiger partial charge >= 0.3 is 0 Å². The van der Waals surface area contributed by atoms with Crippen LogP contribution in [0.5, 0.6) is 0 Å². The Bertz CT molecular complexity index is 405. The van der Waals surface area contributed by atoms with Gasteiger partial charge in [-0.1, -0.05) is 17.7 Å². The second kappa shape index (κ2) is 5.17. The van der Waals surface area contributed by atoms with Gasteiger partial charge in [0.15, 0.2) is 0 Å². The van der Waals surface area contributed by atoms with Crippen LogP contribution in [0.4, 0.5) is 0 Å². The van der Waals surface area contributed by atoms with Gasteiger partial charge < -0.3 is 0 Å². The molecule has 1 aromatic rings. The number of hydrogen-bond acceptors (Lipinski definition) is 2. The number of hydroxylamine groups is 2. The van der Waals surface area contributed by atoms with Crippen molar-refractivity contribution in [3.05, 3.63) is 33.3 Å². The highest BCUT2D eigenvalue weighted by Gasteiger charge is 2.22. The normalized spacial score (nSPS) is 16.2. The Labute approximate surface area is 107 Å². The van der Waals surface area contributed by atoms with Crippen molar-refractivity contribution < 1.29 is 9.63 Å². The minimum atomic E-state index is -0.175. The minimum Gasteiger partial charge on any atom is -0.271 e. The largest absolute Gasteiger partial charge is 0.278 e. The first-order valence-electron chi connectivity index (χ1n) is 5.09. The summed E-state index contributed by atoms with van der Waals surface area (Å²) >= 11 is 9.35. The van der Waals surface area contributed by atoms with Crippen LogP contribution in [-0.2, 0) is 4.84 Å². The molecule has 0 aromatic heterocycles. The molecule has 1 fully saturated rings. The van der Waals surface area contributed by atoms with Gasteiger partial charge in [-0.3, -0.25) is 9.63 Å². The third-order valence-corrected chi connectivity index (χ3v) is 3.71. The Hall–Kier alpha value is -0.580. The Balaban J connectivity index is 2.22. The Morgan fingerprint density at radius 1 is 1.44 bits per heavy atom. The number of amides is 1. The number of rotatable bonds is 1. The van der Waals surface area contributed by atoms with Crippen LogP contribution < -0.4 is 0 Å². The van der Waals surface area contributed by atoms with Gasteiger partial charge in [-0.25, -0.2) is 5.06 Å². The lowest BCUT2D eigenvalue weighted by Gasteiger charge is -2.26. The average Bonchev–Trinajstić information content (AvgIpc) is 2.33. The van der Waals surface area contributed by atoms with Crippen molar-refractivity contribution in [3.63, 3.8) is 0 Å². The molecule has 1 heterocycles. The summed E-state index contributed by atoms with van der Waals surface area (Å²) in [6.45, 7) is 1.22. The summed E-state index contributed by atoms with van der Waals surface area (Å²) in [5.74, 6) is -0.175. The molecule has 0 unspecified atom stereocenters. The first kappa shape index (κ1) is 11.9. The number of carbonyl (C=O) groups excluding carboxylic acids is 1. The van der Waals surface area contributed by atoms with Crippen molar-refractivity contribution in [2.45, 2.75) is 12.8 Å². The number of carbonyl (C=O) groups is 1. The van der Waals surface area contributed by atoms with E-state index in [1.54, 1.807) is 18.2 Å². The van der Waals surface area contributed by atoms with Crippen molar-refractivity contribution in [1.82, 2.24) is 5.06 Å². The van der Waals surface area contributed by atoms with E-state index in [0.717, 1.165) is 17.3 Å². The Morgan fingerprint density at radius 2 is 2.25 bits per heavy atom. The smallest absolute Gasteiger partial charge is 0.271 e. The van der Waals surface area contributed by atoms with E-state index in [9.17, 15) is 4.79 Å². The molecule has 0 spiro atoms. The molecule has 2 rings (SSSR count). The van der Waals surface area contributed by atoms with Crippen molar-refractivity contribution in [1.29, 1.82) is 0 Å². The molecule has 0 saturated carbocycles. The predicted octanol–water partition coefficient (Wildman–Crippen LogP) is 3.27. The molecule has 1 amide bonds. The molecule has 1 saturated heterocycles. The first-order valence-corrected chi connectivity index (χ1v) is 6.26. The zero-order valence-corrected chi connectivity index (χ0v) is 10.9. The van der Waals surface area contributed by atoms with Crippen LogP contribution in [0.2, 0.25) is 5.02 Å². The summed E-state index contributed by atoms with van der Waals surface area (Å²) in [6.07, 6.45) is 1.97. The highest BCUT2D eigenvalue weighted by atomic mass is 79.9. The topological polar surface area (TPSA) is 29.5 Å². The summed E-state index contributed by atoms with van der Waals surface area (Å²) in [4.78, 5) is 17.4. The molecule has 0 bridgehead atoms. The minimum absolute atomic E-state index is 0.175. The number of benzene rings is 1. The summed E-state index contributed by atoms with van der Waals surface area (Å²) in [7, 11) is 0. The highest BCUT2D eigenvalue weighted by Crippen LogP contribution is 2.27. The van der Waals surface area contributed by atoms with Crippen LogP contribution in [0.1, 0.15) is 23.2 Å². The molecule has 86 valence electrons. The summed E-state index contributed by atoms with van der Waals surface area (Å²) in [5.41, 5.74) is 0.470. The fourth-order valence-electron chi connectivity index (χ4n) is 1.56. The standard InChI is InChI=1S/C11H11BrClNO2/c12-9-5-3-4-8(10(9)13)11(15)14-6-1-2-7-16-14/h3-5H,1-2,6-7H2. The average molecular weight is 305 g/mol. The zero-order chi connectivity index (χ0) is 11.5. The van der Waals surface area contributed by atoms with Crippen molar-refractivity contribution in [3.8, 4) is 0 Å². The summed E-state index contributed by atoms with van der Waals surface area (Å²) < 4.78 is 0.719. The van der Waals surface area contributed by atoms with E-state index in [1.165, 1.54) is 5.06 Å². The van der Waals surface area contributed by atoms with E-state index >= 15 is 0 Å². The Morgan fingerprint density at radius 3 is 2.94 bits per heavy atom. The van der Waals surface area contributed by atoms with Crippen LogP contribution in [0, 0.1) is 0 Å². The molecule has 1 aliphatic heterocycles. The molecular formula is C11H11BrClNO2. The van der Waals surface area contributed by atoms with Gasteiger partial charge in [0.05, 0.1) is 17.2 Å². The van der Waals surface area contributed by atoms with Gasteiger partial charge in [0.25, 0.3) is 5.91 Å². The van der Waals surface area contributed by atoms with Gasteiger partial charge in [0.2, 0.25) is 0 Å². The number of hydrogen-bond donors (Lipinski definition) is 0. The van der Waals surface area contributed by atoms with E-state index < -0.39 is 0 Å². The second-order valence-electron chi connectivity index (χ2n) is 3.55. The van der Waals surface area contributed by atoms with Gasteiger partial charge in [0.1, 0.15) is 0 Å². The van der Waals surface area contributed by atoms with Crippen molar-refractivity contribution >= 4 is 33.4 Å². The van der Waals surface area contributed by atoms with E-state index in [-0.39, 0.29) is 5.91 Å². The maximum atomic E-state index is 12.1. The molecule has 3 nitrogen and oxygen atoms in total. The fourth-order valence-corrected chi connectivity index (χ4v) is 2.13. The van der Waals surface area contributed by atoms with Crippen molar-refractivity contribution in [2.75, 3.05) is 13.2 Å². The molecule has 0 atom stereocenters. The quantitative estimate of drug-likeness (QED) is 0.797. The first-order chi connectivity index (χ1) is 7.70. The molecule has 0 radical (unpaired) electrons. The SMILES string of the molecule is O=C(c1cccc(Br)c1Cl)N1CCCCO1. The van der Waals surface area contributed by atoms with E-state index in [0.29, 0.717) is 23.7 Å². The maximum Gasteiger partial charge on any atom is 0.278 e. The van der Waals surface area contributed by atoms with Crippen LogP contribution in [0.3, 0.4) is 0 Å². The summed E-state index contributed by atoms with van der Waals surface area (Å²) in [5, 5.41) is 1.82. The lowest BCUT2D eigenvalue weighted by molar-refractivity contribution is -0.144. The molecule has 1 aromatic carbocycles. The predicted molar refractivity (Wildman–Crippen MR) is 65.4 cm³/mol. The number of halogens is 2.